The fourth-order valence-electron chi connectivity index (χ4n) is 2.27. The van der Waals surface area contributed by atoms with Crippen molar-refractivity contribution in [1.82, 2.24) is 9.88 Å². The third kappa shape index (κ3) is 4.00. The van der Waals surface area contributed by atoms with Crippen molar-refractivity contribution in [1.29, 1.82) is 0 Å². The van der Waals surface area contributed by atoms with Crippen molar-refractivity contribution in [2.24, 2.45) is 0 Å². The second-order valence-corrected chi connectivity index (χ2v) is 5.18. The van der Waals surface area contributed by atoms with Crippen molar-refractivity contribution in [3.8, 4) is 0 Å². The lowest BCUT2D eigenvalue weighted by molar-refractivity contribution is -0.135. The van der Waals surface area contributed by atoms with Gasteiger partial charge in [-0.2, -0.15) is 0 Å². The molecule has 1 aromatic rings. The highest BCUT2D eigenvalue weighted by Crippen LogP contribution is 2.16. The van der Waals surface area contributed by atoms with E-state index < -0.39 is 0 Å². The molecule has 0 radical (unpaired) electrons. The standard InChI is InChI=1S/C14H19ClN2O2/c1-2-5-17-6-7-19-14(10-17)13(18)8-11-3-4-16-9-12(11)15/h3-4,9,14H,2,5-8,10H2,1H3. The lowest BCUT2D eigenvalue weighted by Gasteiger charge is -2.31. The Hall–Kier alpha value is -0.970. The molecule has 1 aromatic heterocycles. The van der Waals surface area contributed by atoms with E-state index in [1.807, 2.05) is 0 Å². The highest BCUT2D eigenvalue weighted by atomic mass is 35.5. The van der Waals surface area contributed by atoms with Crippen LogP contribution in [0.5, 0.6) is 0 Å². The molecule has 0 aromatic carbocycles. The number of hydrogen-bond acceptors (Lipinski definition) is 4. The number of hydrogen-bond donors (Lipinski definition) is 0. The summed E-state index contributed by atoms with van der Waals surface area (Å²) in [4.78, 5) is 18.4. The molecule has 104 valence electrons. The van der Waals surface area contributed by atoms with E-state index in [1.165, 1.54) is 0 Å². The predicted molar refractivity (Wildman–Crippen MR) is 74.4 cm³/mol. The van der Waals surface area contributed by atoms with Crippen molar-refractivity contribution < 1.29 is 9.53 Å². The van der Waals surface area contributed by atoms with Crippen molar-refractivity contribution in [2.45, 2.75) is 25.9 Å². The summed E-state index contributed by atoms with van der Waals surface area (Å²) in [6.07, 6.45) is 4.29. The SMILES string of the molecule is CCCN1CCOC(C(=O)Cc2ccncc2Cl)C1. The third-order valence-electron chi connectivity index (χ3n) is 3.27. The monoisotopic (exact) mass is 282 g/mol. The quantitative estimate of drug-likeness (QED) is 0.828. The Morgan fingerprint density at radius 2 is 2.47 bits per heavy atom. The predicted octanol–water partition coefficient (Wildman–Crippen LogP) is 1.96. The minimum atomic E-state index is -0.329. The summed E-state index contributed by atoms with van der Waals surface area (Å²) in [7, 11) is 0. The van der Waals surface area contributed by atoms with Crippen molar-refractivity contribution >= 4 is 17.4 Å². The summed E-state index contributed by atoms with van der Waals surface area (Å²) in [5.41, 5.74) is 0.817. The molecule has 0 amide bonds. The first kappa shape index (κ1) is 14.4. The number of pyridine rings is 1. The zero-order chi connectivity index (χ0) is 13.7. The molecule has 0 spiro atoms. The Morgan fingerprint density at radius 1 is 1.63 bits per heavy atom. The van der Waals surface area contributed by atoms with Gasteiger partial charge in [0.05, 0.1) is 11.6 Å². The molecular formula is C14H19ClN2O2. The smallest absolute Gasteiger partial charge is 0.167 e. The summed E-state index contributed by atoms with van der Waals surface area (Å²) in [6.45, 7) is 5.38. The molecule has 5 heteroatoms. The summed E-state index contributed by atoms with van der Waals surface area (Å²) >= 11 is 6.02. The number of rotatable bonds is 5. The number of morpholine rings is 1. The molecular weight excluding hydrogens is 264 g/mol. The van der Waals surface area contributed by atoms with Crippen LogP contribution in [0.2, 0.25) is 5.02 Å². The maximum Gasteiger partial charge on any atom is 0.167 e. The van der Waals surface area contributed by atoms with Crippen molar-refractivity contribution in [3.63, 3.8) is 0 Å². The molecule has 1 fully saturated rings. The van der Waals surface area contributed by atoms with Gasteiger partial charge in [0.25, 0.3) is 0 Å². The molecule has 0 bridgehead atoms. The Bertz CT molecular complexity index is 437. The molecule has 1 aliphatic heterocycles. The normalized spacial score (nSPS) is 20.4. The molecule has 4 nitrogen and oxygen atoms in total. The minimum absolute atomic E-state index is 0.0916. The molecule has 1 unspecified atom stereocenters. The van der Waals surface area contributed by atoms with Crippen LogP contribution in [0.15, 0.2) is 18.5 Å². The number of ketones is 1. The second kappa shape index (κ2) is 6.98. The lowest BCUT2D eigenvalue weighted by Crippen LogP contribution is -2.46. The highest BCUT2D eigenvalue weighted by molar-refractivity contribution is 6.31. The topological polar surface area (TPSA) is 42.4 Å². The molecule has 0 N–H and O–H groups in total. The highest BCUT2D eigenvalue weighted by Gasteiger charge is 2.26. The van der Waals surface area contributed by atoms with E-state index in [1.54, 1.807) is 18.5 Å². The van der Waals surface area contributed by atoms with Gasteiger partial charge in [0.2, 0.25) is 0 Å². The Labute approximate surface area is 118 Å². The third-order valence-corrected chi connectivity index (χ3v) is 3.61. The number of nitrogens with zero attached hydrogens (tertiary/aromatic N) is 2. The van der Waals surface area contributed by atoms with Gasteiger partial charge in [0.15, 0.2) is 5.78 Å². The number of carbonyl (C=O) groups is 1. The number of Topliss-reactive ketones (excluding diaryl/α,β-unsaturated/α-hetero) is 1. The van der Waals surface area contributed by atoms with Crippen LogP contribution in [-0.2, 0) is 16.0 Å². The van der Waals surface area contributed by atoms with Gasteiger partial charge in [-0.25, -0.2) is 0 Å². The first-order chi connectivity index (χ1) is 9.20. The number of ether oxygens (including phenoxy) is 1. The summed E-state index contributed by atoms with van der Waals surface area (Å²) < 4.78 is 5.58. The average molecular weight is 283 g/mol. The van der Waals surface area contributed by atoms with E-state index in [4.69, 9.17) is 16.3 Å². The van der Waals surface area contributed by atoms with Gasteiger partial charge in [-0.15, -0.1) is 0 Å². The van der Waals surface area contributed by atoms with Gasteiger partial charge in [-0.3, -0.25) is 14.7 Å². The molecule has 1 aliphatic rings. The van der Waals surface area contributed by atoms with E-state index in [9.17, 15) is 4.79 Å². The fourth-order valence-corrected chi connectivity index (χ4v) is 2.45. The minimum Gasteiger partial charge on any atom is -0.368 e. The van der Waals surface area contributed by atoms with Crippen LogP contribution in [0.1, 0.15) is 18.9 Å². The Morgan fingerprint density at radius 3 is 3.21 bits per heavy atom. The Balaban J connectivity index is 1.94. The zero-order valence-electron chi connectivity index (χ0n) is 11.1. The second-order valence-electron chi connectivity index (χ2n) is 4.77. The molecule has 19 heavy (non-hydrogen) atoms. The van der Waals surface area contributed by atoms with Gasteiger partial charge in [-0.05, 0) is 24.6 Å². The first-order valence-electron chi connectivity index (χ1n) is 6.65. The largest absolute Gasteiger partial charge is 0.368 e. The summed E-state index contributed by atoms with van der Waals surface area (Å²) in [5.74, 6) is 0.0916. The van der Waals surface area contributed by atoms with Crippen LogP contribution < -0.4 is 0 Å². The van der Waals surface area contributed by atoms with Crippen LogP contribution in [0.4, 0.5) is 0 Å². The van der Waals surface area contributed by atoms with Gasteiger partial charge < -0.3 is 4.74 Å². The van der Waals surface area contributed by atoms with Gasteiger partial charge in [0.1, 0.15) is 6.10 Å². The van der Waals surface area contributed by atoms with Crippen LogP contribution in [-0.4, -0.2) is 48.0 Å². The van der Waals surface area contributed by atoms with Gasteiger partial charge in [0, 0.05) is 31.9 Å². The lowest BCUT2D eigenvalue weighted by atomic mass is 10.1. The molecule has 1 atom stereocenters. The van der Waals surface area contributed by atoms with Crippen LogP contribution in [0, 0.1) is 0 Å². The molecule has 2 rings (SSSR count). The van der Waals surface area contributed by atoms with Crippen LogP contribution in [0.3, 0.4) is 0 Å². The Kier molecular flexibility index (Phi) is 5.31. The average Bonchev–Trinajstić information content (AvgIpc) is 2.42. The van der Waals surface area contributed by atoms with E-state index >= 15 is 0 Å². The maximum absolute atomic E-state index is 12.2. The molecule has 0 saturated carbocycles. The van der Waals surface area contributed by atoms with E-state index in [0.717, 1.165) is 25.1 Å². The number of aromatic nitrogens is 1. The molecule has 1 saturated heterocycles. The maximum atomic E-state index is 12.2. The van der Waals surface area contributed by atoms with Gasteiger partial charge in [-0.1, -0.05) is 18.5 Å². The molecule has 0 aliphatic carbocycles. The first-order valence-corrected chi connectivity index (χ1v) is 7.03. The number of carbonyl (C=O) groups excluding carboxylic acids is 1. The van der Waals surface area contributed by atoms with Gasteiger partial charge >= 0.3 is 0 Å². The number of halogens is 1. The van der Waals surface area contributed by atoms with E-state index in [0.29, 0.717) is 24.6 Å². The zero-order valence-corrected chi connectivity index (χ0v) is 11.9. The fraction of sp³-hybridized carbons (Fsp3) is 0.571. The summed E-state index contributed by atoms with van der Waals surface area (Å²) in [6, 6.07) is 1.78. The van der Waals surface area contributed by atoms with Crippen molar-refractivity contribution in [3.05, 3.63) is 29.0 Å². The van der Waals surface area contributed by atoms with E-state index in [-0.39, 0.29) is 11.9 Å². The van der Waals surface area contributed by atoms with Crippen LogP contribution in [0.25, 0.3) is 0 Å². The summed E-state index contributed by atoms with van der Waals surface area (Å²) in [5, 5.41) is 0.539. The van der Waals surface area contributed by atoms with Crippen molar-refractivity contribution in [2.75, 3.05) is 26.2 Å². The molecule has 2 heterocycles. The van der Waals surface area contributed by atoms with E-state index in [2.05, 4.69) is 16.8 Å². The van der Waals surface area contributed by atoms with Crippen LogP contribution >= 0.6 is 11.6 Å².